The number of amides is 1. The number of nitrogens with zero attached hydrogens (tertiary/aromatic N) is 1. The summed E-state index contributed by atoms with van der Waals surface area (Å²) in [4.78, 5) is 27.8. The first-order valence-corrected chi connectivity index (χ1v) is 9.15. The quantitative estimate of drug-likeness (QED) is 0.686. The Kier molecular flexibility index (Phi) is 4.49. The molecule has 6 nitrogen and oxygen atoms in total. The Morgan fingerprint density at radius 1 is 1.22 bits per heavy atom. The summed E-state index contributed by atoms with van der Waals surface area (Å²) >= 11 is 3.37. The molecule has 1 atom stereocenters. The number of phenolic OH excluding ortho intramolecular Hbond substituents is 1. The largest absolute Gasteiger partial charge is 0.508 e. The average molecular weight is 430 g/mol. The van der Waals surface area contributed by atoms with Crippen LogP contribution in [0.2, 0.25) is 0 Å². The van der Waals surface area contributed by atoms with Crippen molar-refractivity contribution in [3.05, 3.63) is 74.0 Å². The van der Waals surface area contributed by atoms with Crippen molar-refractivity contribution >= 4 is 32.8 Å². The van der Waals surface area contributed by atoms with Crippen LogP contribution in [0.25, 0.3) is 11.0 Å². The summed E-state index contributed by atoms with van der Waals surface area (Å²) < 4.78 is 11.7. The third-order valence-corrected chi connectivity index (χ3v) is 5.14. The van der Waals surface area contributed by atoms with Gasteiger partial charge in [-0.15, -0.1) is 0 Å². The molecule has 3 aromatic rings. The van der Waals surface area contributed by atoms with E-state index in [0.29, 0.717) is 29.7 Å². The molecule has 1 aromatic heterocycles. The smallest absolute Gasteiger partial charge is 0.290 e. The molecule has 1 aliphatic rings. The lowest BCUT2D eigenvalue weighted by atomic mass is 9.98. The van der Waals surface area contributed by atoms with Crippen LogP contribution in [0.3, 0.4) is 0 Å². The minimum atomic E-state index is -0.644. The van der Waals surface area contributed by atoms with Gasteiger partial charge in [0.1, 0.15) is 11.3 Å². The molecule has 1 aliphatic heterocycles. The number of hydrogen-bond donors (Lipinski definition) is 1. The van der Waals surface area contributed by atoms with Crippen molar-refractivity contribution < 1.29 is 19.1 Å². The van der Waals surface area contributed by atoms with Gasteiger partial charge in [-0.2, -0.15) is 0 Å². The first-order chi connectivity index (χ1) is 13.0. The van der Waals surface area contributed by atoms with Gasteiger partial charge in [0.15, 0.2) is 5.43 Å². The molecule has 2 heterocycles. The highest BCUT2D eigenvalue weighted by molar-refractivity contribution is 9.10. The molecule has 0 aliphatic carbocycles. The molecular formula is C20H16BrNO5. The zero-order chi connectivity index (χ0) is 19.1. The van der Waals surface area contributed by atoms with Gasteiger partial charge in [-0.3, -0.25) is 9.59 Å². The second-order valence-electron chi connectivity index (χ2n) is 6.30. The molecule has 0 saturated heterocycles. The molecule has 1 N–H and O–H groups in total. The second-order valence-corrected chi connectivity index (χ2v) is 7.22. The van der Waals surface area contributed by atoms with E-state index in [-0.39, 0.29) is 28.4 Å². The number of carbonyl (C=O) groups excluding carboxylic acids is 1. The molecule has 138 valence electrons. The molecule has 0 spiro atoms. The first kappa shape index (κ1) is 17.8. The van der Waals surface area contributed by atoms with Crippen LogP contribution in [0.4, 0.5) is 0 Å². The fourth-order valence-electron chi connectivity index (χ4n) is 3.45. The number of aromatic hydroxyl groups is 1. The molecule has 1 unspecified atom stereocenters. The summed E-state index contributed by atoms with van der Waals surface area (Å²) in [5.74, 6) is -0.260. The van der Waals surface area contributed by atoms with Crippen LogP contribution in [0, 0.1) is 0 Å². The van der Waals surface area contributed by atoms with E-state index in [1.807, 2.05) is 0 Å². The van der Waals surface area contributed by atoms with E-state index in [1.54, 1.807) is 54.5 Å². The van der Waals surface area contributed by atoms with Crippen molar-refractivity contribution in [1.29, 1.82) is 0 Å². The maximum atomic E-state index is 13.3. The van der Waals surface area contributed by atoms with Crippen LogP contribution in [0.1, 0.15) is 27.7 Å². The fourth-order valence-corrected chi connectivity index (χ4v) is 3.82. The Labute approximate surface area is 163 Å². The standard InChI is InChI=1S/C20H16BrNO5/c1-26-8-7-22-17(11-3-2-4-13(23)9-11)16-18(24)14-10-12(21)5-6-15(14)27-19(16)20(22)25/h2-6,9-10,17,23H,7-8H2,1H3. The van der Waals surface area contributed by atoms with Crippen molar-refractivity contribution in [3.63, 3.8) is 0 Å². The van der Waals surface area contributed by atoms with Gasteiger partial charge in [0.05, 0.1) is 23.6 Å². The van der Waals surface area contributed by atoms with Gasteiger partial charge in [-0.1, -0.05) is 28.1 Å². The maximum absolute atomic E-state index is 13.3. The maximum Gasteiger partial charge on any atom is 0.290 e. The number of carbonyl (C=O) groups is 1. The molecule has 0 bridgehead atoms. The average Bonchev–Trinajstić information content (AvgIpc) is 2.93. The zero-order valence-electron chi connectivity index (χ0n) is 14.4. The van der Waals surface area contributed by atoms with Gasteiger partial charge in [-0.25, -0.2) is 0 Å². The van der Waals surface area contributed by atoms with Gasteiger partial charge in [0.25, 0.3) is 5.91 Å². The van der Waals surface area contributed by atoms with Crippen LogP contribution in [-0.2, 0) is 4.74 Å². The van der Waals surface area contributed by atoms with Crippen LogP contribution in [0.5, 0.6) is 5.75 Å². The van der Waals surface area contributed by atoms with Gasteiger partial charge in [-0.05, 0) is 35.9 Å². The van der Waals surface area contributed by atoms with E-state index in [1.165, 1.54) is 0 Å². The number of ether oxygens (including phenoxy) is 1. The molecule has 0 saturated carbocycles. The Hall–Kier alpha value is -2.64. The lowest BCUT2D eigenvalue weighted by Gasteiger charge is -2.24. The van der Waals surface area contributed by atoms with Crippen LogP contribution < -0.4 is 5.43 Å². The number of halogens is 1. The Morgan fingerprint density at radius 2 is 2.04 bits per heavy atom. The number of phenols is 1. The summed E-state index contributed by atoms with van der Waals surface area (Å²) in [7, 11) is 1.55. The van der Waals surface area contributed by atoms with Gasteiger partial charge in [0.2, 0.25) is 5.76 Å². The van der Waals surface area contributed by atoms with Crippen molar-refractivity contribution in [2.24, 2.45) is 0 Å². The predicted octanol–water partition coefficient (Wildman–Crippen LogP) is 3.45. The van der Waals surface area contributed by atoms with Gasteiger partial charge in [0, 0.05) is 18.1 Å². The number of fused-ring (bicyclic) bond motifs is 2. The van der Waals surface area contributed by atoms with E-state index in [2.05, 4.69) is 15.9 Å². The molecule has 4 rings (SSSR count). The summed E-state index contributed by atoms with van der Waals surface area (Å²) in [6, 6.07) is 11.0. The van der Waals surface area contributed by atoms with Gasteiger partial charge < -0.3 is 19.2 Å². The third kappa shape index (κ3) is 2.93. The highest BCUT2D eigenvalue weighted by Gasteiger charge is 2.42. The van der Waals surface area contributed by atoms with E-state index in [4.69, 9.17) is 9.15 Å². The highest BCUT2D eigenvalue weighted by Crippen LogP contribution is 2.38. The lowest BCUT2D eigenvalue weighted by Crippen LogP contribution is -2.32. The first-order valence-electron chi connectivity index (χ1n) is 8.36. The molecule has 0 radical (unpaired) electrons. The zero-order valence-corrected chi connectivity index (χ0v) is 16.0. The number of hydrogen-bond acceptors (Lipinski definition) is 5. The monoisotopic (exact) mass is 429 g/mol. The normalized spacial score (nSPS) is 16.1. The van der Waals surface area contributed by atoms with E-state index >= 15 is 0 Å². The van der Waals surface area contributed by atoms with E-state index < -0.39 is 6.04 Å². The highest BCUT2D eigenvalue weighted by atomic mass is 79.9. The predicted molar refractivity (Wildman–Crippen MR) is 103 cm³/mol. The summed E-state index contributed by atoms with van der Waals surface area (Å²) in [6.07, 6.45) is 0. The number of rotatable bonds is 4. The van der Waals surface area contributed by atoms with Gasteiger partial charge >= 0.3 is 0 Å². The fraction of sp³-hybridized carbons (Fsp3) is 0.200. The number of benzene rings is 2. The summed E-state index contributed by atoms with van der Waals surface area (Å²) in [5, 5.41) is 10.3. The van der Waals surface area contributed by atoms with Crippen LogP contribution in [-0.4, -0.2) is 36.2 Å². The molecule has 2 aromatic carbocycles. The SMILES string of the molecule is COCCN1C(=O)c2oc3ccc(Br)cc3c(=O)c2C1c1cccc(O)c1. The Morgan fingerprint density at radius 3 is 2.78 bits per heavy atom. The minimum absolute atomic E-state index is 0.0410. The van der Waals surface area contributed by atoms with Crippen molar-refractivity contribution in [1.82, 2.24) is 4.90 Å². The van der Waals surface area contributed by atoms with Crippen LogP contribution in [0.15, 0.2) is 56.1 Å². The Bertz CT molecular complexity index is 1110. The molecule has 27 heavy (non-hydrogen) atoms. The molecule has 0 fully saturated rings. The molecular weight excluding hydrogens is 414 g/mol. The second kappa shape index (κ2) is 6.83. The number of methoxy groups -OCH3 is 1. The van der Waals surface area contributed by atoms with Crippen molar-refractivity contribution in [3.8, 4) is 5.75 Å². The molecule has 7 heteroatoms. The van der Waals surface area contributed by atoms with Crippen molar-refractivity contribution in [2.45, 2.75) is 6.04 Å². The minimum Gasteiger partial charge on any atom is -0.508 e. The Balaban J connectivity index is 1.99. The third-order valence-electron chi connectivity index (χ3n) is 4.65. The van der Waals surface area contributed by atoms with Crippen LogP contribution >= 0.6 is 15.9 Å². The van der Waals surface area contributed by atoms with Crippen molar-refractivity contribution in [2.75, 3.05) is 20.3 Å². The lowest BCUT2D eigenvalue weighted by molar-refractivity contribution is 0.0663. The van der Waals surface area contributed by atoms with E-state index in [9.17, 15) is 14.7 Å². The molecule has 1 amide bonds. The topological polar surface area (TPSA) is 80.0 Å². The van der Waals surface area contributed by atoms with E-state index in [0.717, 1.165) is 4.47 Å². The summed E-state index contributed by atoms with van der Waals surface area (Å²) in [6.45, 7) is 0.605. The summed E-state index contributed by atoms with van der Waals surface area (Å²) in [5.41, 5.74) is 1.03.